The van der Waals surface area contributed by atoms with Crippen LogP contribution in [-0.4, -0.2) is 6.79 Å². The van der Waals surface area contributed by atoms with Gasteiger partial charge in [0.25, 0.3) is 0 Å². The van der Waals surface area contributed by atoms with Gasteiger partial charge in [0.05, 0.1) is 16.7 Å². The van der Waals surface area contributed by atoms with E-state index < -0.39 is 0 Å². The van der Waals surface area contributed by atoms with Crippen LogP contribution >= 0.6 is 23.4 Å². The van der Waals surface area contributed by atoms with Crippen molar-refractivity contribution in [1.82, 2.24) is 0 Å². The van der Waals surface area contributed by atoms with E-state index in [1.807, 2.05) is 36.4 Å². The predicted molar refractivity (Wildman–Crippen MR) is 78.3 cm³/mol. The molecule has 0 aliphatic carbocycles. The first-order valence-corrected chi connectivity index (χ1v) is 7.33. The molecule has 0 fully saturated rings. The van der Waals surface area contributed by atoms with Gasteiger partial charge in [-0.05, 0) is 42.0 Å². The average Bonchev–Trinajstić information content (AvgIpc) is 2.94. The molecular formula is C15H10ClNO2S. The fourth-order valence-electron chi connectivity index (χ4n) is 1.90. The molecule has 0 saturated heterocycles. The quantitative estimate of drug-likeness (QED) is 0.796. The van der Waals surface area contributed by atoms with E-state index in [0.717, 1.165) is 16.2 Å². The van der Waals surface area contributed by atoms with Crippen molar-refractivity contribution in [2.75, 3.05) is 6.79 Å². The molecule has 0 bridgehead atoms. The summed E-state index contributed by atoms with van der Waals surface area (Å²) in [5.41, 5.74) is 1.74. The molecule has 0 aromatic heterocycles. The van der Waals surface area contributed by atoms with Gasteiger partial charge >= 0.3 is 0 Å². The van der Waals surface area contributed by atoms with Gasteiger partial charge < -0.3 is 9.47 Å². The summed E-state index contributed by atoms with van der Waals surface area (Å²) in [5.74, 6) is 2.11. The van der Waals surface area contributed by atoms with Gasteiger partial charge in [-0.2, -0.15) is 5.26 Å². The van der Waals surface area contributed by atoms with Crippen LogP contribution in [0.25, 0.3) is 0 Å². The summed E-state index contributed by atoms with van der Waals surface area (Å²) >= 11 is 7.83. The fourth-order valence-corrected chi connectivity index (χ4v) is 3.01. The molecule has 0 amide bonds. The van der Waals surface area contributed by atoms with Crippen LogP contribution in [0.15, 0.2) is 41.3 Å². The Morgan fingerprint density at radius 1 is 1.20 bits per heavy atom. The lowest BCUT2D eigenvalue weighted by Gasteiger charge is -2.05. The average molecular weight is 304 g/mol. The van der Waals surface area contributed by atoms with Crippen molar-refractivity contribution in [3.63, 3.8) is 0 Å². The molecule has 20 heavy (non-hydrogen) atoms. The normalized spacial score (nSPS) is 12.2. The van der Waals surface area contributed by atoms with Crippen LogP contribution in [0.5, 0.6) is 11.5 Å². The first-order valence-electron chi connectivity index (χ1n) is 5.97. The molecule has 2 aromatic rings. The van der Waals surface area contributed by atoms with Crippen LogP contribution in [0.3, 0.4) is 0 Å². The van der Waals surface area contributed by atoms with Gasteiger partial charge in [0.15, 0.2) is 11.5 Å². The lowest BCUT2D eigenvalue weighted by molar-refractivity contribution is 0.174. The number of nitriles is 1. The van der Waals surface area contributed by atoms with Gasteiger partial charge in [0.2, 0.25) is 6.79 Å². The zero-order valence-corrected chi connectivity index (χ0v) is 12.0. The van der Waals surface area contributed by atoms with Crippen LogP contribution in [0.1, 0.15) is 11.1 Å². The van der Waals surface area contributed by atoms with E-state index in [1.54, 1.807) is 11.8 Å². The number of ether oxygens (including phenoxy) is 2. The fraction of sp³-hybridized carbons (Fsp3) is 0.133. The maximum Gasteiger partial charge on any atom is 0.231 e. The van der Waals surface area contributed by atoms with E-state index in [1.165, 1.54) is 0 Å². The van der Waals surface area contributed by atoms with E-state index in [0.29, 0.717) is 22.1 Å². The largest absolute Gasteiger partial charge is 0.454 e. The summed E-state index contributed by atoms with van der Waals surface area (Å²) in [4.78, 5) is 1.11. The van der Waals surface area contributed by atoms with Crippen LogP contribution in [0, 0.1) is 11.3 Å². The number of nitrogens with zero attached hydrogens (tertiary/aromatic N) is 1. The molecule has 5 heteroatoms. The van der Waals surface area contributed by atoms with Gasteiger partial charge in [-0.25, -0.2) is 0 Å². The van der Waals surface area contributed by atoms with Gasteiger partial charge in [-0.1, -0.05) is 11.6 Å². The minimum Gasteiger partial charge on any atom is -0.454 e. The smallest absolute Gasteiger partial charge is 0.231 e. The summed E-state index contributed by atoms with van der Waals surface area (Å²) < 4.78 is 10.6. The van der Waals surface area contributed by atoms with Gasteiger partial charge in [-0.15, -0.1) is 11.8 Å². The Morgan fingerprint density at radius 3 is 2.75 bits per heavy atom. The van der Waals surface area contributed by atoms with Crippen LogP contribution in [-0.2, 0) is 5.75 Å². The maximum absolute atomic E-state index is 8.76. The minimum atomic E-state index is 0.223. The van der Waals surface area contributed by atoms with E-state index in [-0.39, 0.29) is 6.79 Å². The zero-order chi connectivity index (χ0) is 13.9. The highest BCUT2D eigenvalue weighted by Gasteiger charge is 2.18. The third-order valence-corrected chi connectivity index (χ3v) is 4.24. The second kappa shape index (κ2) is 5.66. The zero-order valence-electron chi connectivity index (χ0n) is 10.4. The molecule has 0 spiro atoms. The lowest BCUT2D eigenvalue weighted by atomic mass is 10.2. The molecule has 3 rings (SSSR count). The molecule has 1 aliphatic heterocycles. The Kier molecular flexibility index (Phi) is 3.72. The summed E-state index contributed by atoms with van der Waals surface area (Å²) in [5, 5.41) is 9.34. The van der Waals surface area contributed by atoms with E-state index in [9.17, 15) is 0 Å². The SMILES string of the molecule is N#Cc1ccc(SCc2cc(Cl)c3c(c2)OCO3)cc1. The summed E-state index contributed by atoms with van der Waals surface area (Å²) in [7, 11) is 0. The van der Waals surface area contributed by atoms with E-state index in [4.69, 9.17) is 26.3 Å². The Bertz CT molecular complexity index is 680. The van der Waals surface area contributed by atoms with Crippen LogP contribution < -0.4 is 9.47 Å². The van der Waals surface area contributed by atoms with Crippen molar-refractivity contribution in [2.24, 2.45) is 0 Å². The topological polar surface area (TPSA) is 42.2 Å². The number of halogens is 1. The molecule has 0 atom stereocenters. The number of hydrogen-bond donors (Lipinski definition) is 0. The van der Waals surface area contributed by atoms with Crippen molar-refractivity contribution >= 4 is 23.4 Å². The molecule has 1 heterocycles. The van der Waals surface area contributed by atoms with Crippen LogP contribution in [0.4, 0.5) is 0 Å². The van der Waals surface area contributed by atoms with Crippen molar-refractivity contribution in [1.29, 1.82) is 5.26 Å². The Morgan fingerprint density at radius 2 is 2.00 bits per heavy atom. The molecule has 0 saturated carbocycles. The molecule has 0 radical (unpaired) electrons. The molecule has 1 aliphatic rings. The molecule has 0 N–H and O–H groups in total. The number of fused-ring (bicyclic) bond motifs is 1. The van der Waals surface area contributed by atoms with Gasteiger partial charge in [-0.3, -0.25) is 0 Å². The van der Waals surface area contributed by atoms with Crippen molar-refractivity contribution in [3.05, 3.63) is 52.5 Å². The highest BCUT2D eigenvalue weighted by molar-refractivity contribution is 7.98. The summed E-state index contributed by atoms with van der Waals surface area (Å²) in [6.07, 6.45) is 0. The standard InChI is InChI=1S/C15H10ClNO2S/c16-13-5-11(6-14-15(13)19-9-18-14)8-20-12-3-1-10(7-17)2-4-12/h1-6H,8-9H2. The third-order valence-electron chi connectivity index (χ3n) is 2.88. The first-order chi connectivity index (χ1) is 9.76. The Hall–Kier alpha value is -1.83. The second-order valence-corrected chi connectivity index (χ2v) is 5.69. The molecule has 0 unspecified atom stereocenters. The molecular weight excluding hydrogens is 294 g/mol. The van der Waals surface area contributed by atoms with Crippen molar-refractivity contribution < 1.29 is 9.47 Å². The summed E-state index contributed by atoms with van der Waals surface area (Å²) in [6.45, 7) is 0.223. The molecule has 2 aromatic carbocycles. The predicted octanol–water partition coefficient (Wildman–Crippen LogP) is 4.23. The number of hydrogen-bond acceptors (Lipinski definition) is 4. The minimum absolute atomic E-state index is 0.223. The van der Waals surface area contributed by atoms with Crippen molar-refractivity contribution in [3.8, 4) is 17.6 Å². The van der Waals surface area contributed by atoms with E-state index in [2.05, 4.69) is 6.07 Å². The third kappa shape index (κ3) is 2.69. The molecule has 100 valence electrons. The Balaban J connectivity index is 1.72. The van der Waals surface area contributed by atoms with Gasteiger partial charge in [0, 0.05) is 10.6 Å². The van der Waals surface area contributed by atoms with Crippen molar-refractivity contribution in [2.45, 2.75) is 10.6 Å². The monoisotopic (exact) mass is 303 g/mol. The number of thioether (sulfide) groups is 1. The summed E-state index contributed by atoms with van der Waals surface area (Å²) in [6, 6.07) is 13.5. The molecule has 3 nitrogen and oxygen atoms in total. The number of benzene rings is 2. The van der Waals surface area contributed by atoms with E-state index >= 15 is 0 Å². The second-order valence-electron chi connectivity index (χ2n) is 4.24. The highest BCUT2D eigenvalue weighted by atomic mass is 35.5. The maximum atomic E-state index is 8.76. The van der Waals surface area contributed by atoms with Gasteiger partial charge in [0.1, 0.15) is 0 Å². The number of rotatable bonds is 3. The first kappa shape index (κ1) is 13.2. The highest BCUT2D eigenvalue weighted by Crippen LogP contribution is 2.40. The Labute approximate surface area is 126 Å². The lowest BCUT2D eigenvalue weighted by Crippen LogP contribution is -1.93. The van der Waals surface area contributed by atoms with Crippen LogP contribution in [0.2, 0.25) is 5.02 Å².